The number of carbonyl (C=O) groups excluding carboxylic acids is 3. The smallest absolute Gasteiger partial charge is 0.321 e. The molecule has 2 N–H and O–H groups in total. The van der Waals surface area contributed by atoms with Gasteiger partial charge < -0.3 is 19.2 Å². The molecule has 0 bridgehead atoms. The average molecular weight is 402 g/mol. The second-order valence-electron chi connectivity index (χ2n) is 7.23. The van der Waals surface area contributed by atoms with Gasteiger partial charge in [-0.3, -0.25) is 14.9 Å². The first-order valence-corrected chi connectivity index (χ1v) is 9.81. The Balaban J connectivity index is 1.49. The number of urea groups is 1. The zero-order valence-electron chi connectivity index (χ0n) is 16.7. The molecule has 0 radical (unpaired) electrons. The maximum Gasteiger partial charge on any atom is 0.321 e. The summed E-state index contributed by atoms with van der Waals surface area (Å²) in [5.74, 6) is -0.593. The summed E-state index contributed by atoms with van der Waals surface area (Å²) >= 11 is 0. The number of ether oxygens (including phenoxy) is 2. The molecule has 3 amide bonds. The van der Waals surface area contributed by atoms with Gasteiger partial charge in [-0.25, -0.2) is 4.79 Å². The molecule has 29 heavy (non-hydrogen) atoms. The summed E-state index contributed by atoms with van der Waals surface area (Å²) in [6.45, 7) is 1.43. The molecule has 1 aromatic carbocycles. The molecule has 1 aromatic heterocycles. The Bertz CT molecular complexity index is 884. The van der Waals surface area contributed by atoms with Crippen molar-refractivity contribution < 1.29 is 28.3 Å². The van der Waals surface area contributed by atoms with E-state index in [1.807, 2.05) is 0 Å². The summed E-state index contributed by atoms with van der Waals surface area (Å²) in [6, 6.07) is 4.83. The quantitative estimate of drug-likeness (QED) is 0.719. The number of carbonyl (C=O) groups is 3. The fraction of sp³-hybridized carbons (Fsp3) is 0.476. The highest BCUT2D eigenvalue weighted by Gasteiger charge is 2.23. The Hall–Kier alpha value is -3.03. The van der Waals surface area contributed by atoms with Gasteiger partial charge in [0.2, 0.25) is 0 Å². The van der Waals surface area contributed by atoms with Gasteiger partial charge in [0.15, 0.2) is 6.10 Å². The summed E-state index contributed by atoms with van der Waals surface area (Å²) < 4.78 is 15.8. The minimum absolute atomic E-state index is 0.0504. The Kier molecular flexibility index (Phi) is 6.74. The molecule has 156 valence electrons. The van der Waals surface area contributed by atoms with Crippen LogP contribution < -0.4 is 15.4 Å². The molecule has 1 saturated carbocycles. The van der Waals surface area contributed by atoms with Crippen LogP contribution in [0.2, 0.25) is 0 Å². The van der Waals surface area contributed by atoms with Crippen molar-refractivity contribution in [1.82, 2.24) is 10.6 Å². The van der Waals surface area contributed by atoms with E-state index in [2.05, 4.69) is 10.6 Å². The van der Waals surface area contributed by atoms with Crippen LogP contribution in [0.1, 0.15) is 44.6 Å². The average Bonchev–Trinajstić information content (AvgIpc) is 3.10. The van der Waals surface area contributed by atoms with Gasteiger partial charge >= 0.3 is 12.0 Å². The summed E-state index contributed by atoms with van der Waals surface area (Å²) in [6.07, 6.45) is 5.49. The normalized spacial score (nSPS) is 15.5. The molecule has 0 spiro atoms. The van der Waals surface area contributed by atoms with Crippen molar-refractivity contribution in [2.75, 3.05) is 7.11 Å². The lowest BCUT2D eigenvalue weighted by molar-refractivity contribution is -0.153. The minimum atomic E-state index is -1.09. The third-order valence-electron chi connectivity index (χ3n) is 5.05. The number of rotatable bonds is 6. The van der Waals surface area contributed by atoms with Crippen LogP contribution in [0.3, 0.4) is 0 Å². The molecule has 1 atom stereocenters. The molecule has 8 heteroatoms. The standard InChI is InChI=1S/C21H26N2O6/c1-13(20(25)23-21(26)22-15-6-4-3-5-7-15)29-19(24)10-14-12-28-18-11-16(27-2)8-9-17(14)18/h8-9,11-13,15H,3-7,10H2,1-2H3,(H2,22,23,25,26)/t13-/m0/s1. The molecule has 3 rings (SSSR count). The van der Waals surface area contributed by atoms with Crippen LogP contribution in [0.4, 0.5) is 4.79 Å². The number of esters is 1. The number of fused-ring (bicyclic) bond motifs is 1. The Morgan fingerprint density at radius 3 is 2.69 bits per heavy atom. The number of hydrogen-bond acceptors (Lipinski definition) is 6. The van der Waals surface area contributed by atoms with Crippen molar-refractivity contribution in [1.29, 1.82) is 0 Å². The van der Waals surface area contributed by atoms with Crippen LogP contribution >= 0.6 is 0 Å². The van der Waals surface area contributed by atoms with Gasteiger partial charge in [0.25, 0.3) is 5.91 Å². The molecule has 0 aliphatic heterocycles. The van der Waals surface area contributed by atoms with E-state index in [0.717, 1.165) is 31.1 Å². The predicted molar refractivity (Wildman–Crippen MR) is 106 cm³/mol. The highest BCUT2D eigenvalue weighted by molar-refractivity contribution is 5.97. The zero-order valence-corrected chi connectivity index (χ0v) is 16.7. The SMILES string of the molecule is COc1ccc2c(CC(=O)O[C@@H](C)C(=O)NC(=O)NC3CCCCC3)coc2c1. The van der Waals surface area contributed by atoms with Gasteiger partial charge in [0.05, 0.1) is 19.8 Å². The first kappa shape index (κ1) is 20.7. The van der Waals surface area contributed by atoms with Crippen molar-refractivity contribution in [3.63, 3.8) is 0 Å². The van der Waals surface area contributed by atoms with Crippen LogP contribution in [-0.4, -0.2) is 37.2 Å². The van der Waals surface area contributed by atoms with Crippen molar-refractivity contribution in [2.45, 2.75) is 57.6 Å². The summed E-state index contributed by atoms with van der Waals surface area (Å²) in [7, 11) is 1.56. The molecule has 1 heterocycles. The fourth-order valence-corrected chi connectivity index (χ4v) is 3.46. The lowest BCUT2D eigenvalue weighted by Gasteiger charge is -2.23. The van der Waals surface area contributed by atoms with Gasteiger partial charge in [-0.2, -0.15) is 0 Å². The number of benzene rings is 1. The van der Waals surface area contributed by atoms with Gasteiger partial charge in [-0.15, -0.1) is 0 Å². The van der Waals surface area contributed by atoms with Gasteiger partial charge in [0.1, 0.15) is 11.3 Å². The van der Waals surface area contributed by atoms with Crippen molar-refractivity contribution in [2.24, 2.45) is 0 Å². The molecule has 8 nitrogen and oxygen atoms in total. The largest absolute Gasteiger partial charge is 0.497 e. The highest BCUT2D eigenvalue weighted by atomic mass is 16.5. The molecule has 0 saturated heterocycles. The summed E-state index contributed by atoms with van der Waals surface area (Å²) in [4.78, 5) is 36.3. The number of amides is 3. The van der Waals surface area contributed by atoms with E-state index in [4.69, 9.17) is 13.9 Å². The monoisotopic (exact) mass is 402 g/mol. The third-order valence-corrected chi connectivity index (χ3v) is 5.05. The first-order valence-electron chi connectivity index (χ1n) is 9.81. The second kappa shape index (κ2) is 9.45. The van der Waals surface area contributed by atoms with E-state index in [1.165, 1.54) is 19.6 Å². The molecular formula is C21H26N2O6. The fourth-order valence-electron chi connectivity index (χ4n) is 3.46. The van der Waals surface area contributed by atoms with E-state index < -0.39 is 24.0 Å². The van der Waals surface area contributed by atoms with Crippen LogP contribution in [0.5, 0.6) is 5.75 Å². The number of nitrogens with one attached hydrogen (secondary N) is 2. The van der Waals surface area contributed by atoms with Crippen LogP contribution in [0.25, 0.3) is 11.0 Å². The first-order chi connectivity index (χ1) is 14.0. The number of methoxy groups -OCH3 is 1. The van der Waals surface area contributed by atoms with Crippen LogP contribution in [-0.2, 0) is 20.7 Å². The van der Waals surface area contributed by atoms with Crippen LogP contribution in [0.15, 0.2) is 28.9 Å². The third kappa shape index (κ3) is 5.49. The minimum Gasteiger partial charge on any atom is -0.497 e. The van der Waals surface area contributed by atoms with Gasteiger partial charge in [-0.1, -0.05) is 19.3 Å². The van der Waals surface area contributed by atoms with Gasteiger partial charge in [0, 0.05) is 23.1 Å². The van der Waals surface area contributed by atoms with E-state index in [1.54, 1.807) is 25.3 Å². The Labute approximate surface area is 168 Å². The molecular weight excluding hydrogens is 376 g/mol. The molecule has 1 fully saturated rings. The summed E-state index contributed by atoms with van der Waals surface area (Å²) in [5.41, 5.74) is 1.24. The molecule has 0 unspecified atom stereocenters. The highest BCUT2D eigenvalue weighted by Crippen LogP contribution is 2.26. The predicted octanol–water partition coefficient (Wildman–Crippen LogP) is 3.07. The number of hydrogen-bond donors (Lipinski definition) is 2. The molecule has 2 aromatic rings. The molecule has 1 aliphatic rings. The zero-order chi connectivity index (χ0) is 20.8. The van der Waals surface area contributed by atoms with E-state index >= 15 is 0 Å². The maximum absolute atomic E-state index is 12.2. The van der Waals surface area contributed by atoms with E-state index in [-0.39, 0.29) is 12.5 Å². The number of furan rings is 1. The summed E-state index contributed by atoms with van der Waals surface area (Å²) in [5, 5.41) is 5.79. The van der Waals surface area contributed by atoms with Crippen molar-refractivity contribution in [3.8, 4) is 5.75 Å². The van der Waals surface area contributed by atoms with Crippen LogP contribution in [0, 0.1) is 0 Å². The molecule has 1 aliphatic carbocycles. The maximum atomic E-state index is 12.2. The van der Waals surface area contributed by atoms with Gasteiger partial charge in [-0.05, 0) is 31.9 Å². The van der Waals surface area contributed by atoms with Crippen molar-refractivity contribution in [3.05, 3.63) is 30.0 Å². The Morgan fingerprint density at radius 2 is 1.97 bits per heavy atom. The number of imide groups is 1. The van der Waals surface area contributed by atoms with E-state index in [9.17, 15) is 14.4 Å². The lowest BCUT2D eigenvalue weighted by atomic mass is 9.96. The topological polar surface area (TPSA) is 107 Å². The second-order valence-corrected chi connectivity index (χ2v) is 7.23. The Morgan fingerprint density at radius 1 is 1.21 bits per heavy atom. The van der Waals surface area contributed by atoms with E-state index in [0.29, 0.717) is 16.9 Å². The lowest BCUT2D eigenvalue weighted by Crippen LogP contribution is -2.48. The van der Waals surface area contributed by atoms with Crippen molar-refractivity contribution >= 4 is 28.9 Å².